The number of nitrogens with one attached hydrogen (secondary N) is 2. The van der Waals surface area contributed by atoms with E-state index in [-0.39, 0.29) is 24.3 Å². The van der Waals surface area contributed by atoms with Gasteiger partial charge in [-0.2, -0.15) is 0 Å². The summed E-state index contributed by atoms with van der Waals surface area (Å²) in [5, 5.41) is 25.2. The number of ether oxygens (including phenoxy) is 1. The maximum atomic E-state index is 15.0. The Labute approximate surface area is 217 Å². The largest absolute Gasteiger partial charge is 0.393 e. The molecule has 12 heteroatoms. The fourth-order valence-corrected chi connectivity index (χ4v) is 4.53. The summed E-state index contributed by atoms with van der Waals surface area (Å²) in [6.07, 6.45) is 2.37. The average Bonchev–Trinajstić information content (AvgIpc) is 3.48. The molecule has 0 spiro atoms. The van der Waals surface area contributed by atoms with Crippen molar-refractivity contribution in [1.29, 1.82) is 0 Å². The minimum absolute atomic E-state index is 0.0953. The second-order valence-electron chi connectivity index (χ2n) is 8.78. The maximum Gasteiger partial charge on any atom is 0.322 e. The lowest BCUT2D eigenvalue weighted by Crippen LogP contribution is -2.52. The lowest BCUT2D eigenvalue weighted by Gasteiger charge is -2.35. The van der Waals surface area contributed by atoms with Crippen LogP contribution < -0.4 is 15.5 Å². The molecule has 37 heavy (non-hydrogen) atoms. The van der Waals surface area contributed by atoms with Crippen LogP contribution in [0.3, 0.4) is 0 Å². The van der Waals surface area contributed by atoms with Gasteiger partial charge in [0.2, 0.25) is 5.91 Å². The summed E-state index contributed by atoms with van der Waals surface area (Å²) in [6.45, 7) is -0.978. The molecule has 0 aromatic heterocycles. The van der Waals surface area contributed by atoms with Crippen LogP contribution >= 0.6 is 11.6 Å². The van der Waals surface area contributed by atoms with Gasteiger partial charge in [0.1, 0.15) is 17.4 Å². The number of rotatable bonds is 7. The van der Waals surface area contributed by atoms with Crippen molar-refractivity contribution < 1.29 is 33.7 Å². The topological polar surface area (TPSA) is 131 Å². The summed E-state index contributed by atoms with van der Waals surface area (Å²) >= 11 is 5.88. The standard InChI is InChI=1S/C25H26ClFN4O6/c1-37-18-11-21(30(12-18)24(36)28-16-4-2-15(26)3-5-16)23(35)29-20-7-6-17(10-19(20)27)31-22(34)8-9-25(31,13-32)14-33/h2-10,18,21,32-33H,11-14H2,1H3,(H,28,36)(H,29,35). The third-order valence-electron chi connectivity index (χ3n) is 6.47. The highest BCUT2D eigenvalue weighted by Gasteiger charge is 2.42. The monoisotopic (exact) mass is 532 g/mol. The van der Waals surface area contributed by atoms with Gasteiger partial charge in [0.25, 0.3) is 5.91 Å². The van der Waals surface area contributed by atoms with Gasteiger partial charge in [0.05, 0.1) is 25.0 Å². The molecule has 0 saturated carbocycles. The van der Waals surface area contributed by atoms with Gasteiger partial charge in [-0.15, -0.1) is 0 Å². The van der Waals surface area contributed by atoms with Gasteiger partial charge in [-0.3, -0.25) is 14.5 Å². The van der Waals surface area contributed by atoms with Gasteiger partial charge >= 0.3 is 6.03 Å². The first kappa shape index (κ1) is 26.6. The molecule has 0 aliphatic carbocycles. The van der Waals surface area contributed by atoms with Crippen molar-refractivity contribution in [1.82, 2.24) is 4.90 Å². The van der Waals surface area contributed by atoms with Crippen molar-refractivity contribution in [3.8, 4) is 0 Å². The first-order chi connectivity index (χ1) is 17.7. The van der Waals surface area contributed by atoms with Crippen molar-refractivity contribution in [3.05, 3.63) is 65.5 Å². The number of hydrogen-bond acceptors (Lipinski definition) is 6. The molecule has 2 aliphatic heterocycles. The number of benzene rings is 2. The summed E-state index contributed by atoms with van der Waals surface area (Å²) in [5.41, 5.74) is -0.974. The van der Waals surface area contributed by atoms with Gasteiger partial charge in [0, 0.05) is 42.5 Å². The number of aliphatic hydroxyl groups excluding tert-OH is 2. The van der Waals surface area contributed by atoms with Crippen molar-refractivity contribution in [3.63, 3.8) is 0 Å². The van der Waals surface area contributed by atoms with E-state index in [9.17, 15) is 24.6 Å². The molecule has 2 aromatic carbocycles. The maximum absolute atomic E-state index is 15.0. The Balaban J connectivity index is 1.50. The number of halogens is 2. The predicted octanol–water partition coefficient (Wildman–Crippen LogP) is 2.37. The average molecular weight is 533 g/mol. The third kappa shape index (κ3) is 5.30. The normalized spacial score (nSPS) is 20.4. The Morgan fingerprint density at radius 3 is 2.49 bits per heavy atom. The molecule has 1 fully saturated rings. The summed E-state index contributed by atoms with van der Waals surface area (Å²) < 4.78 is 20.4. The van der Waals surface area contributed by atoms with E-state index in [1.54, 1.807) is 24.3 Å². The van der Waals surface area contributed by atoms with Crippen LogP contribution in [0, 0.1) is 5.82 Å². The van der Waals surface area contributed by atoms with Crippen molar-refractivity contribution >= 4 is 46.5 Å². The number of aliphatic hydroxyl groups is 2. The van der Waals surface area contributed by atoms with Gasteiger partial charge in [0.15, 0.2) is 0 Å². The first-order valence-corrected chi connectivity index (χ1v) is 11.8. The molecule has 2 aliphatic rings. The molecule has 0 radical (unpaired) electrons. The predicted molar refractivity (Wildman–Crippen MR) is 135 cm³/mol. The highest BCUT2D eigenvalue weighted by molar-refractivity contribution is 6.30. The second kappa shape index (κ2) is 10.9. The highest BCUT2D eigenvalue weighted by Crippen LogP contribution is 2.33. The van der Waals surface area contributed by atoms with Gasteiger partial charge in [-0.25, -0.2) is 9.18 Å². The number of hydrogen-bond donors (Lipinski definition) is 4. The molecular formula is C25H26ClFN4O6. The Bertz CT molecular complexity index is 1220. The molecule has 196 valence electrons. The molecule has 2 atom stereocenters. The lowest BCUT2D eigenvalue weighted by atomic mass is 10.0. The van der Waals surface area contributed by atoms with E-state index in [0.29, 0.717) is 10.7 Å². The van der Waals surface area contributed by atoms with Gasteiger partial charge in [-0.1, -0.05) is 11.6 Å². The van der Waals surface area contributed by atoms with E-state index < -0.39 is 54.6 Å². The van der Waals surface area contributed by atoms with Crippen LogP contribution in [-0.4, -0.2) is 77.5 Å². The summed E-state index contributed by atoms with van der Waals surface area (Å²) in [5.74, 6) is -1.98. The van der Waals surface area contributed by atoms with Crippen LogP contribution in [0.15, 0.2) is 54.6 Å². The zero-order valence-corrected chi connectivity index (χ0v) is 20.6. The van der Waals surface area contributed by atoms with E-state index >= 15 is 4.39 Å². The Morgan fingerprint density at radius 2 is 1.86 bits per heavy atom. The minimum atomic E-state index is -1.40. The highest BCUT2D eigenvalue weighted by atomic mass is 35.5. The number of likely N-dealkylation sites (tertiary alicyclic amines) is 1. The van der Waals surface area contributed by atoms with E-state index in [4.69, 9.17) is 16.3 Å². The van der Waals surface area contributed by atoms with Gasteiger partial charge < -0.3 is 30.5 Å². The number of urea groups is 1. The number of methoxy groups -OCH3 is 1. The molecule has 1 saturated heterocycles. The molecule has 0 bridgehead atoms. The van der Waals surface area contributed by atoms with Crippen molar-refractivity contribution in [2.24, 2.45) is 0 Å². The Kier molecular flexibility index (Phi) is 7.79. The van der Waals surface area contributed by atoms with Gasteiger partial charge in [-0.05, 0) is 48.5 Å². The SMILES string of the molecule is COC1CC(C(=O)Nc2ccc(N3C(=O)C=CC3(CO)CO)cc2F)N(C(=O)Nc2ccc(Cl)cc2)C1. The lowest BCUT2D eigenvalue weighted by molar-refractivity contribution is -0.119. The number of nitrogens with zero attached hydrogens (tertiary/aromatic N) is 2. The molecule has 2 unspecified atom stereocenters. The van der Waals surface area contributed by atoms with Crippen LogP contribution in [0.4, 0.5) is 26.2 Å². The van der Waals surface area contributed by atoms with E-state index in [0.717, 1.165) is 11.0 Å². The van der Waals surface area contributed by atoms with Crippen LogP contribution in [0.25, 0.3) is 0 Å². The Morgan fingerprint density at radius 1 is 1.16 bits per heavy atom. The van der Waals surface area contributed by atoms with Crippen LogP contribution in [0.5, 0.6) is 0 Å². The van der Waals surface area contributed by atoms with E-state index in [1.165, 1.54) is 36.3 Å². The number of carbonyl (C=O) groups is 3. The minimum Gasteiger partial charge on any atom is -0.393 e. The summed E-state index contributed by atoms with van der Waals surface area (Å²) in [7, 11) is 1.48. The van der Waals surface area contributed by atoms with Crippen molar-refractivity contribution in [2.75, 3.05) is 42.4 Å². The molecule has 2 heterocycles. The van der Waals surface area contributed by atoms with Crippen LogP contribution in [0.2, 0.25) is 5.02 Å². The molecule has 4 rings (SSSR count). The number of carbonyl (C=O) groups excluding carboxylic acids is 3. The summed E-state index contributed by atoms with van der Waals surface area (Å²) in [4.78, 5) is 40.8. The zero-order chi connectivity index (χ0) is 26.7. The number of amides is 4. The quantitative estimate of drug-likeness (QED) is 0.433. The third-order valence-corrected chi connectivity index (χ3v) is 6.73. The Hall–Kier alpha value is -3.51. The first-order valence-electron chi connectivity index (χ1n) is 11.4. The summed E-state index contributed by atoms with van der Waals surface area (Å²) in [6, 6.07) is 8.71. The van der Waals surface area contributed by atoms with Crippen LogP contribution in [0.1, 0.15) is 6.42 Å². The van der Waals surface area contributed by atoms with Crippen LogP contribution in [-0.2, 0) is 14.3 Å². The molecule has 4 amide bonds. The fraction of sp³-hybridized carbons (Fsp3) is 0.320. The fourth-order valence-electron chi connectivity index (χ4n) is 4.41. The van der Waals surface area contributed by atoms with Crippen molar-refractivity contribution in [2.45, 2.75) is 24.1 Å². The molecule has 2 aromatic rings. The van der Waals surface area contributed by atoms with E-state index in [1.807, 2.05) is 0 Å². The van der Waals surface area contributed by atoms with E-state index in [2.05, 4.69) is 10.6 Å². The zero-order valence-electron chi connectivity index (χ0n) is 19.9. The molecular weight excluding hydrogens is 507 g/mol. The second-order valence-corrected chi connectivity index (χ2v) is 9.22. The molecule has 4 N–H and O–H groups in total. The smallest absolute Gasteiger partial charge is 0.322 e. The number of anilines is 3. The molecule has 10 nitrogen and oxygen atoms in total.